The van der Waals surface area contributed by atoms with E-state index in [-0.39, 0.29) is 0 Å². The Bertz CT molecular complexity index is 514. The van der Waals surface area contributed by atoms with Crippen molar-refractivity contribution in [1.82, 2.24) is 10.2 Å². The summed E-state index contributed by atoms with van der Waals surface area (Å²) in [6.45, 7) is 2.57. The van der Waals surface area contributed by atoms with Crippen LogP contribution in [0.15, 0.2) is 12.1 Å². The summed E-state index contributed by atoms with van der Waals surface area (Å²) < 4.78 is 11.0. The minimum Gasteiger partial charge on any atom is -0.486 e. The van der Waals surface area contributed by atoms with Gasteiger partial charge < -0.3 is 14.4 Å². The van der Waals surface area contributed by atoms with Gasteiger partial charge >= 0.3 is 0 Å². The van der Waals surface area contributed by atoms with Gasteiger partial charge in [-0.3, -0.25) is 5.32 Å². The van der Waals surface area contributed by atoms with Crippen LogP contribution in [0.2, 0.25) is 5.02 Å². The van der Waals surface area contributed by atoms with Crippen LogP contribution in [0.4, 0.5) is 0 Å². The van der Waals surface area contributed by atoms with Crippen molar-refractivity contribution in [1.29, 1.82) is 5.26 Å². The van der Waals surface area contributed by atoms with Gasteiger partial charge in [0.25, 0.3) is 0 Å². The molecule has 0 fully saturated rings. The molecule has 1 aliphatic rings. The van der Waals surface area contributed by atoms with E-state index in [1.54, 1.807) is 6.07 Å². The number of nitrogens with zero attached hydrogens (tertiary/aromatic N) is 2. The zero-order valence-corrected chi connectivity index (χ0v) is 12.4. The molecule has 2 rings (SSSR count). The van der Waals surface area contributed by atoms with Crippen molar-refractivity contribution >= 4 is 11.6 Å². The normalized spacial score (nSPS) is 14.9. The lowest BCUT2D eigenvalue weighted by molar-refractivity contribution is 0.171. The molecule has 1 aromatic carbocycles. The van der Waals surface area contributed by atoms with Crippen LogP contribution in [0.5, 0.6) is 11.5 Å². The van der Waals surface area contributed by atoms with Crippen molar-refractivity contribution in [3.8, 4) is 17.6 Å². The van der Waals surface area contributed by atoms with E-state index >= 15 is 0 Å². The van der Waals surface area contributed by atoms with Crippen LogP contribution in [0, 0.1) is 11.3 Å². The number of ether oxygens (including phenoxy) is 2. The second-order valence-electron chi connectivity index (χ2n) is 4.85. The molecule has 0 spiro atoms. The van der Waals surface area contributed by atoms with Crippen molar-refractivity contribution < 1.29 is 9.47 Å². The molecule has 0 saturated heterocycles. The lowest BCUT2D eigenvalue weighted by Gasteiger charge is -2.22. The molecule has 1 N–H and O–H groups in total. The number of benzene rings is 1. The van der Waals surface area contributed by atoms with Gasteiger partial charge in [-0.05, 0) is 31.8 Å². The maximum atomic E-state index is 9.30. The van der Waals surface area contributed by atoms with E-state index in [1.807, 2.05) is 20.2 Å². The van der Waals surface area contributed by atoms with Crippen molar-refractivity contribution in [2.24, 2.45) is 0 Å². The summed E-state index contributed by atoms with van der Waals surface area (Å²) in [4.78, 5) is 2.05. The van der Waals surface area contributed by atoms with Gasteiger partial charge in [0.1, 0.15) is 19.3 Å². The smallest absolute Gasteiger partial charge is 0.179 e. The second kappa shape index (κ2) is 6.80. The monoisotopic (exact) mass is 295 g/mol. The third-order valence-corrected chi connectivity index (χ3v) is 3.27. The first-order valence-electron chi connectivity index (χ1n) is 6.48. The fourth-order valence-corrected chi connectivity index (χ4v) is 2.24. The molecule has 0 bridgehead atoms. The summed E-state index contributed by atoms with van der Waals surface area (Å²) in [5.74, 6) is 1.17. The predicted molar refractivity (Wildman–Crippen MR) is 77.4 cm³/mol. The molecule has 1 unspecified atom stereocenters. The Morgan fingerprint density at radius 3 is 2.85 bits per heavy atom. The third-order valence-electron chi connectivity index (χ3n) is 2.99. The van der Waals surface area contributed by atoms with Crippen molar-refractivity contribution in [3.05, 3.63) is 22.7 Å². The van der Waals surface area contributed by atoms with Gasteiger partial charge in [0.15, 0.2) is 11.5 Å². The number of nitriles is 1. The molecule has 0 aliphatic carbocycles. The number of halogens is 1. The van der Waals surface area contributed by atoms with Crippen molar-refractivity contribution in [2.75, 3.05) is 40.4 Å². The van der Waals surface area contributed by atoms with Crippen LogP contribution in [0.3, 0.4) is 0 Å². The van der Waals surface area contributed by atoms with Gasteiger partial charge in [-0.15, -0.1) is 0 Å². The predicted octanol–water partition coefficient (Wildman–Crippen LogP) is 1.83. The Hall–Kier alpha value is -1.48. The minimum absolute atomic E-state index is 0.414. The molecule has 20 heavy (non-hydrogen) atoms. The first-order valence-corrected chi connectivity index (χ1v) is 6.86. The van der Waals surface area contributed by atoms with Crippen molar-refractivity contribution in [2.45, 2.75) is 6.04 Å². The zero-order valence-electron chi connectivity index (χ0n) is 11.6. The highest BCUT2D eigenvalue weighted by atomic mass is 35.5. The Morgan fingerprint density at radius 1 is 1.40 bits per heavy atom. The van der Waals surface area contributed by atoms with Crippen molar-refractivity contribution in [3.63, 3.8) is 0 Å². The first-order chi connectivity index (χ1) is 9.61. The fraction of sp³-hybridized carbons (Fsp3) is 0.500. The summed E-state index contributed by atoms with van der Waals surface area (Å²) in [5.41, 5.74) is 0.792. The number of nitrogens with one attached hydrogen (secondary N) is 1. The largest absolute Gasteiger partial charge is 0.486 e. The molecule has 1 atom stereocenters. The third kappa shape index (κ3) is 3.54. The summed E-state index contributed by atoms with van der Waals surface area (Å²) in [6.07, 6.45) is 0. The molecule has 6 heteroatoms. The lowest BCUT2D eigenvalue weighted by Crippen LogP contribution is -2.29. The van der Waals surface area contributed by atoms with E-state index in [1.165, 1.54) is 0 Å². The Balaban J connectivity index is 2.14. The highest BCUT2D eigenvalue weighted by molar-refractivity contribution is 6.32. The standard InChI is InChI=1S/C14H18ClN3O2/c1-18(2)4-3-17-12(9-16)10-7-11(15)14-13(8-10)19-5-6-20-14/h7-8,12,17H,3-6H2,1-2H3. The van der Waals surface area contributed by atoms with Gasteiger partial charge in [-0.2, -0.15) is 5.26 Å². The van der Waals surface area contributed by atoms with E-state index in [0.717, 1.165) is 18.7 Å². The number of hydrogen-bond donors (Lipinski definition) is 1. The average Bonchev–Trinajstić information content (AvgIpc) is 2.43. The molecule has 1 aliphatic heterocycles. The van der Waals surface area contributed by atoms with Gasteiger partial charge in [-0.1, -0.05) is 11.6 Å². The molecule has 108 valence electrons. The van der Waals surface area contributed by atoms with E-state index < -0.39 is 6.04 Å². The van der Waals surface area contributed by atoms with E-state index in [9.17, 15) is 5.26 Å². The van der Waals surface area contributed by atoms with E-state index in [2.05, 4.69) is 16.3 Å². The highest BCUT2D eigenvalue weighted by Gasteiger charge is 2.20. The summed E-state index contributed by atoms with van der Waals surface area (Å²) >= 11 is 6.18. The lowest BCUT2D eigenvalue weighted by atomic mass is 10.1. The fourth-order valence-electron chi connectivity index (χ4n) is 1.97. The summed E-state index contributed by atoms with van der Waals surface area (Å²) in [5, 5.41) is 13.0. The van der Waals surface area contributed by atoms with Gasteiger partial charge in [-0.25, -0.2) is 0 Å². The average molecular weight is 296 g/mol. The van der Waals surface area contributed by atoms with Crippen LogP contribution >= 0.6 is 11.6 Å². The maximum absolute atomic E-state index is 9.30. The van der Waals surface area contributed by atoms with Crippen LogP contribution in [-0.4, -0.2) is 45.3 Å². The quantitative estimate of drug-likeness (QED) is 0.898. The zero-order chi connectivity index (χ0) is 14.5. The molecule has 5 nitrogen and oxygen atoms in total. The highest BCUT2D eigenvalue weighted by Crippen LogP contribution is 2.39. The SMILES string of the molecule is CN(C)CCNC(C#N)c1cc(Cl)c2c(c1)OCCO2. The maximum Gasteiger partial charge on any atom is 0.179 e. The molecule has 0 amide bonds. The van der Waals surface area contributed by atoms with Crippen LogP contribution in [-0.2, 0) is 0 Å². The van der Waals surface area contributed by atoms with Crippen LogP contribution in [0.25, 0.3) is 0 Å². The summed E-state index contributed by atoms with van der Waals surface area (Å²) in [6, 6.07) is 5.40. The number of rotatable bonds is 5. The second-order valence-corrected chi connectivity index (χ2v) is 5.25. The van der Waals surface area contributed by atoms with E-state index in [0.29, 0.717) is 29.7 Å². The molecule has 0 saturated carbocycles. The molecule has 1 aromatic rings. The Labute approximate surface area is 124 Å². The molecule has 0 aromatic heterocycles. The van der Waals surface area contributed by atoms with Gasteiger partial charge in [0.2, 0.25) is 0 Å². The topological polar surface area (TPSA) is 57.5 Å². The minimum atomic E-state index is -0.414. The van der Waals surface area contributed by atoms with E-state index in [4.69, 9.17) is 21.1 Å². The summed E-state index contributed by atoms with van der Waals surface area (Å²) in [7, 11) is 3.98. The number of fused-ring (bicyclic) bond motifs is 1. The first kappa shape index (κ1) is 14.9. The Morgan fingerprint density at radius 2 is 2.15 bits per heavy atom. The molecule has 0 radical (unpaired) electrons. The van der Waals surface area contributed by atoms with Crippen LogP contribution < -0.4 is 14.8 Å². The number of likely N-dealkylation sites (N-methyl/N-ethyl adjacent to an activating group) is 1. The molecular formula is C14H18ClN3O2. The van der Waals surface area contributed by atoms with Crippen LogP contribution in [0.1, 0.15) is 11.6 Å². The molecular weight excluding hydrogens is 278 g/mol. The van der Waals surface area contributed by atoms with Gasteiger partial charge in [0.05, 0.1) is 11.1 Å². The van der Waals surface area contributed by atoms with Gasteiger partial charge in [0, 0.05) is 13.1 Å². The number of hydrogen-bond acceptors (Lipinski definition) is 5. The molecule has 1 heterocycles. The Kier molecular flexibility index (Phi) is 5.07.